The fourth-order valence-electron chi connectivity index (χ4n) is 2.14. The van der Waals surface area contributed by atoms with E-state index in [1.165, 1.54) is 5.39 Å². The Labute approximate surface area is 123 Å². The van der Waals surface area contributed by atoms with Crippen LogP contribution < -0.4 is 10.2 Å². The first-order valence-electron chi connectivity index (χ1n) is 6.77. The van der Waals surface area contributed by atoms with E-state index in [0.29, 0.717) is 0 Å². The van der Waals surface area contributed by atoms with Gasteiger partial charge in [-0.25, -0.2) is 0 Å². The lowest BCUT2D eigenvalue weighted by molar-refractivity contribution is 0.415. The van der Waals surface area contributed by atoms with Crippen LogP contribution in [0.2, 0.25) is 0 Å². The third-order valence-corrected chi connectivity index (χ3v) is 3.25. The molecule has 0 aromatic heterocycles. The molecule has 0 radical (unpaired) electrons. The number of benzene rings is 3. The first-order valence-corrected chi connectivity index (χ1v) is 6.77. The Balaban J connectivity index is 1.78. The quantitative estimate of drug-likeness (QED) is 0.569. The number of anilines is 1. The molecule has 0 spiro atoms. The van der Waals surface area contributed by atoms with Gasteiger partial charge in [-0.1, -0.05) is 36.4 Å². The van der Waals surface area contributed by atoms with Crippen molar-refractivity contribution in [3.63, 3.8) is 0 Å². The Morgan fingerprint density at radius 1 is 0.905 bits per heavy atom. The number of para-hydroxylation sites is 1. The summed E-state index contributed by atoms with van der Waals surface area (Å²) in [6, 6.07) is 22.1. The molecule has 104 valence electrons. The predicted octanol–water partition coefficient (Wildman–Crippen LogP) is 4.29. The Morgan fingerprint density at radius 2 is 1.67 bits per heavy atom. The van der Waals surface area contributed by atoms with Gasteiger partial charge in [0, 0.05) is 0 Å². The molecule has 0 unspecified atom stereocenters. The van der Waals surface area contributed by atoms with Gasteiger partial charge in [-0.05, 0) is 46.7 Å². The van der Waals surface area contributed by atoms with Crippen LogP contribution in [0.15, 0.2) is 71.8 Å². The molecule has 0 aliphatic heterocycles. The Kier molecular flexibility index (Phi) is 3.83. The third-order valence-electron chi connectivity index (χ3n) is 3.25. The molecule has 3 nitrogen and oxygen atoms in total. The van der Waals surface area contributed by atoms with E-state index in [0.717, 1.165) is 22.4 Å². The summed E-state index contributed by atoms with van der Waals surface area (Å²) >= 11 is 0. The summed E-state index contributed by atoms with van der Waals surface area (Å²) in [4.78, 5) is 0. The maximum atomic E-state index is 5.23. The molecular weight excluding hydrogens is 260 g/mol. The summed E-state index contributed by atoms with van der Waals surface area (Å²) in [6.07, 6.45) is 1.82. The lowest BCUT2D eigenvalue weighted by Crippen LogP contribution is -1.90. The number of methoxy groups -OCH3 is 1. The highest BCUT2D eigenvalue weighted by Gasteiger charge is 1.97. The Morgan fingerprint density at radius 3 is 2.48 bits per heavy atom. The monoisotopic (exact) mass is 276 g/mol. The number of nitrogens with zero attached hydrogens (tertiary/aromatic N) is 1. The van der Waals surface area contributed by atoms with E-state index in [4.69, 9.17) is 4.74 Å². The highest BCUT2D eigenvalue weighted by atomic mass is 16.5. The highest BCUT2D eigenvalue weighted by Crippen LogP contribution is 2.21. The van der Waals surface area contributed by atoms with Crippen molar-refractivity contribution in [2.24, 2.45) is 5.10 Å². The number of hydrogen-bond donors (Lipinski definition) is 1. The zero-order valence-electron chi connectivity index (χ0n) is 11.8. The van der Waals surface area contributed by atoms with Crippen molar-refractivity contribution >= 4 is 22.7 Å². The van der Waals surface area contributed by atoms with Gasteiger partial charge < -0.3 is 4.74 Å². The van der Waals surface area contributed by atoms with Crippen LogP contribution in [0, 0.1) is 0 Å². The van der Waals surface area contributed by atoms with Crippen molar-refractivity contribution in [2.45, 2.75) is 0 Å². The first kappa shape index (κ1) is 13.2. The maximum absolute atomic E-state index is 5.23. The van der Waals surface area contributed by atoms with E-state index >= 15 is 0 Å². The van der Waals surface area contributed by atoms with Gasteiger partial charge in [0.25, 0.3) is 0 Å². The standard InChI is InChI=1S/C18H16N2O/c1-21-18-10-9-15-11-14(7-8-16(15)12-18)13-19-20-17-5-3-2-4-6-17/h2-13,20H,1H3. The SMILES string of the molecule is COc1ccc2cc(C=NNc3ccccc3)ccc2c1. The van der Waals surface area contributed by atoms with Crippen molar-refractivity contribution in [1.82, 2.24) is 0 Å². The number of fused-ring (bicyclic) bond motifs is 1. The Hall–Kier alpha value is -2.81. The van der Waals surface area contributed by atoms with Gasteiger partial charge in [-0.15, -0.1) is 0 Å². The first-order chi connectivity index (χ1) is 10.3. The number of hydrazone groups is 1. The van der Waals surface area contributed by atoms with Crippen molar-refractivity contribution in [3.8, 4) is 5.75 Å². The van der Waals surface area contributed by atoms with E-state index in [1.807, 2.05) is 54.7 Å². The molecule has 3 aromatic rings. The summed E-state index contributed by atoms with van der Waals surface area (Å²) in [7, 11) is 1.68. The molecule has 0 amide bonds. The van der Waals surface area contributed by atoms with E-state index in [-0.39, 0.29) is 0 Å². The smallest absolute Gasteiger partial charge is 0.119 e. The molecule has 0 saturated heterocycles. The summed E-state index contributed by atoms with van der Waals surface area (Å²) in [5, 5.41) is 6.57. The molecule has 3 heteroatoms. The van der Waals surface area contributed by atoms with Crippen LogP contribution in [0.25, 0.3) is 10.8 Å². The van der Waals surface area contributed by atoms with E-state index < -0.39 is 0 Å². The van der Waals surface area contributed by atoms with Crippen LogP contribution in [-0.4, -0.2) is 13.3 Å². The molecule has 21 heavy (non-hydrogen) atoms. The maximum Gasteiger partial charge on any atom is 0.119 e. The highest BCUT2D eigenvalue weighted by molar-refractivity contribution is 5.91. The second kappa shape index (κ2) is 6.09. The van der Waals surface area contributed by atoms with Crippen LogP contribution in [0.1, 0.15) is 5.56 Å². The molecule has 0 saturated carbocycles. The fraction of sp³-hybridized carbons (Fsp3) is 0.0556. The predicted molar refractivity (Wildman–Crippen MR) is 88.2 cm³/mol. The Bertz CT molecular complexity index is 767. The molecule has 0 bridgehead atoms. The van der Waals surface area contributed by atoms with Crippen molar-refractivity contribution in [2.75, 3.05) is 12.5 Å². The zero-order valence-corrected chi connectivity index (χ0v) is 11.8. The molecule has 0 heterocycles. The molecule has 1 N–H and O–H groups in total. The lowest BCUT2D eigenvalue weighted by Gasteiger charge is -2.03. The number of ether oxygens (including phenoxy) is 1. The summed E-state index contributed by atoms with van der Waals surface area (Å²) < 4.78 is 5.23. The molecule has 0 atom stereocenters. The molecule has 3 aromatic carbocycles. The van der Waals surface area contributed by atoms with Gasteiger partial charge in [0.15, 0.2) is 0 Å². The summed E-state index contributed by atoms with van der Waals surface area (Å²) in [5.41, 5.74) is 5.03. The molecule has 3 rings (SSSR count). The van der Waals surface area contributed by atoms with Crippen LogP contribution in [0.3, 0.4) is 0 Å². The van der Waals surface area contributed by atoms with Gasteiger partial charge in [0.1, 0.15) is 5.75 Å². The average Bonchev–Trinajstić information content (AvgIpc) is 2.55. The topological polar surface area (TPSA) is 33.6 Å². The largest absolute Gasteiger partial charge is 0.497 e. The molecule has 0 aliphatic rings. The minimum absolute atomic E-state index is 0.870. The molecule has 0 aliphatic carbocycles. The van der Waals surface area contributed by atoms with E-state index in [2.05, 4.69) is 28.7 Å². The minimum Gasteiger partial charge on any atom is -0.497 e. The van der Waals surface area contributed by atoms with Gasteiger partial charge in [-0.2, -0.15) is 5.10 Å². The van der Waals surface area contributed by atoms with Crippen molar-refractivity contribution in [3.05, 3.63) is 72.3 Å². The lowest BCUT2D eigenvalue weighted by atomic mass is 10.1. The summed E-state index contributed by atoms with van der Waals surface area (Å²) in [5.74, 6) is 0.870. The average molecular weight is 276 g/mol. The fourth-order valence-corrected chi connectivity index (χ4v) is 2.14. The van der Waals surface area contributed by atoms with Crippen LogP contribution >= 0.6 is 0 Å². The number of rotatable bonds is 4. The number of hydrogen-bond acceptors (Lipinski definition) is 3. The van der Waals surface area contributed by atoms with Crippen molar-refractivity contribution < 1.29 is 4.74 Å². The van der Waals surface area contributed by atoms with Crippen LogP contribution in [0.4, 0.5) is 5.69 Å². The van der Waals surface area contributed by atoms with Crippen LogP contribution in [-0.2, 0) is 0 Å². The normalized spacial score (nSPS) is 10.9. The van der Waals surface area contributed by atoms with Gasteiger partial charge >= 0.3 is 0 Å². The van der Waals surface area contributed by atoms with Gasteiger partial charge in [0.05, 0.1) is 19.0 Å². The third kappa shape index (κ3) is 3.20. The second-order valence-corrected chi connectivity index (χ2v) is 4.71. The van der Waals surface area contributed by atoms with Gasteiger partial charge in [-0.3, -0.25) is 5.43 Å². The van der Waals surface area contributed by atoms with E-state index in [9.17, 15) is 0 Å². The second-order valence-electron chi connectivity index (χ2n) is 4.71. The minimum atomic E-state index is 0.870. The van der Waals surface area contributed by atoms with Gasteiger partial charge in [0.2, 0.25) is 0 Å². The summed E-state index contributed by atoms with van der Waals surface area (Å²) in [6.45, 7) is 0. The molecular formula is C18H16N2O. The number of nitrogens with one attached hydrogen (secondary N) is 1. The zero-order chi connectivity index (χ0) is 14.5. The molecule has 0 fully saturated rings. The van der Waals surface area contributed by atoms with E-state index in [1.54, 1.807) is 7.11 Å². The van der Waals surface area contributed by atoms with Crippen LogP contribution in [0.5, 0.6) is 5.75 Å². The van der Waals surface area contributed by atoms with Crippen molar-refractivity contribution in [1.29, 1.82) is 0 Å².